The van der Waals surface area contributed by atoms with Crippen molar-refractivity contribution in [2.45, 2.75) is 26.3 Å². The number of halogens is 1. The zero-order chi connectivity index (χ0) is 21.3. The highest BCUT2D eigenvalue weighted by Crippen LogP contribution is 2.15. The first-order valence-electron chi connectivity index (χ1n) is 10.00. The third-order valence-electron chi connectivity index (χ3n) is 4.80. The Labute approximate surface area is 200 Å². The van der Waals surface area contributed by atoms with E-state index in [0.717, 1.165) is 18.1 Å². The summed E-state index contributed by atoms with van der Waals surface area (Å²) in [4.78, 5) is 16.4. The van der Waals surface area contributed by atoms with Crippen molar-refractivity contribution in [3.05, 3.63) is 89.4 Å². The number of aliphatic imine (C=N–C) groups is 1. The fourth-order valence-electron chi connectivity index (χ4n) is 3.11. The van der Waals surface area contributed by atoms with E-state index in [1.54, 1.807) is 19.2 Å². The minimum Gasteiger partial charge on any atom is -0.459 e. The van der Waals surface area contributed by atoms with Crippen LogP contribution >= 0.6 is 24.0 Å². The zero-order valence-corrected chi connectivity index (χ0v) is 20.3. The summed E-state index contributed by atoms with van der Waals surface area (Å²) in [7, 11) is 1.76. The number of nitrogens with zero attached hydrogens (tertiary/aromatic N) is 1. The highest BCUT2D eigenvalue weighted by molar-refractivity contribution is 14.0. The molecule has 2 aromatic carbocycles. The molecular weight excluding hydrogens is 503 g/mol. The van der Waals surface area contributed by atoms with E-state index in [9.17, 15) is 4.79 Å². The molecule has 31 heavy (non-hydrogen) atoms. The second kappa shape index (κ2) is 12.1. The molecule has 1 heterocycles. The summed E-state index contributed by atoms with van der Waals surface area (Å²) in [6, 6.07) is 19.6. The minimum absolute atomic E-state index is 0. The first kappa shape index (κ1) is 24.5. The van der Waals surface area contributed by atoms with Crippen molar-refractivity contribution in [3.63, 3.8) is 0 Å². The molecule has 7 heteroatoms. The van der Waals surface area contributed by atoms with Crippen molar-refractivity contribution in [1.29, 1.82) is 0 Å². The predicted molar refractivity (Wildman–Crippen MR) is 136 cm³/mol. The van der Waals surface area contributed by atoms with Crippen LogP contribution in [0.5, 0.6) is 0 Å². The fraction of sp³-hybridized carbons (Fsp3) is 0.250. The molecule has 0 fully saturated rings. The van der Waals surface area contributed by atoms with Crippen molar-refractivity contribution in [3.8, 4) is 0 Å². The van der Waals surface area contributed by atoms with Crippen LogP contribution < -0.4 is 16.0 Å². The van der Waals surface area contributed by atoms with Gasteiger partial charge in [-0.15, -0.1) is 24.0 Å². The lowest BCUT2D eigenvalue weighted by Gasteiger charge is -2.17. The van der Waals surface area contributed by atoms with E-state index in [4.69, 9.17) is 4.42 Å². The summed E-state index contributed by atoms with van der Waals surface area (Å²) in [5.74, 6) is 1.11. The standard InChI is InChI=1S/C24H28N4O2.HI/c1-17-7-4-9-20(13-17)18(2)15-26-24(25-3)27-16-19-8-5-10-21(14-19)28-23(29)22-11-6-12-30-22;/h4-14,18H,15-16H2,1-3H3,(H,28,29)(H2,25,26,27);1H. The molecule has 0 radical (unpaired) electrons. The van der Waals surface area contributed by atoms with Gasteiger partial charge in [-0.1, -0.05) is 48.9 Å². The summed E-state index contributed by atoms with van der Waals surface area (Å²) in [5, 5.41) is 9.54. The number of anilines is 1. The maximum absolute atomic E-state index is 12.1. The quantitative estimate of drug-likeness (QED) is 0.229. The van der Waals surface area contributed by atoms with Crippen LogP contribution in [0.15, 0.2) is 76.3 Å². The number of guanidine groups is 1. The molecule has 0 aliphatic carbocycles. The molecular formula is C24H29IN4O2. The van der Waals surface area contributed by atoms with Crippen LogP contribution in [0, 0.1) is 6.92 Å². The maximum Gasteiger partial charge on any atom is 0.291 e. The van der Waals surface area contributed by atoms with Crippen LogP contribution in [0.2, 0.25) is 0 Å². The Hall–Kier alpha value is -2.81. The van der Waals surface area contributed by atoms with Crippen molar-refractivity contribution in [1.82, 2.24) is 10.6 Å². The zero-order valence-electron chi connectivity index (χ0n) is 18.0. The van der Waals surface area contributed by atoms with Gasteiger partial charge in [0.15, 0.2) is 11.7 Å². The summed E-state index contributed by atoms with van der Waals surface area (Å²) in [6.45, 7) is 5.67. The first-order chi connectivity index (χ1) is 14.5. The van der Waals surface area contributed by atoms with E-state index in [0.29, 0.717) is 18.2 Å². The van der Waals surface area contributed by atoms with Gasteiger partial charge in [-0.05, 0) is 48.2 Å². The lowest BCUT2D eigenvalue weighted by Crippen LogP contribution is -2.38. The maximum atomic E-state index is 12.1. The summed E-state index contributed by atoms with van der Waals surface area (Å²) >= 11 is 0. The molecule has 0 spiro atoms. The largest absolute Gasteiger partial charge is 0.459 e. The van der Waals surface area contributed by atoms with Crippen LogP contribution in [0.4, 0.5) is 5.69 Å². The van der Waals surface area contributed by atoms with Crippen LogP contribution in [-0.4, -0.2) is 25.5 Å². The number of hydrogen-bond acceptors (Lipinski definition) is 3. The van der Waals surface area contributed by atoms with E-state index >= 15 is 0 Å². The molecule has 0 bridgehead atoms. The number of carbonyl (C=O) groups excluding carboxylic acids is 1. The Morgan fingerprint density at radius 3 is 2.58 bits per heavy atom. The van der Waals surface area contributed by atoms with Gasteiger partial charge < -0.3 is 20.4 Å². The van der Waals surface area contributed by atoms with Gasteiger partial charge in [0.1, 0.15) is 0 Å². The lowest BCUT2D eigenvalue weighted by atomic mass is 9.99. The number of furan rings is 1. The molecule has 164 valence electrons. The van der Waals surface area contributed by atoms with Gasteiger partial charge in [0, 0.05) is 25.8 Å². The highest BCUT2D eigenvalue weighted by Gasteiger charge is 2.10. The topological polar surface area (TPSA) is 78.7 Å². The molecule has 0 saturated carbocycles. The van der Waals surface area contributed by atoms with Crippen LogP contribution in [0.25, 0.3) is 0 Å². The first-order valence-corrected chi connectivity index (χ1v) is 10.00. The Bertz CT molecular complexity index is 1000. The Balaban J connectivity index is 0.00000341. The number of aryl methyl sites for hydroxylation is 1. The normalized spacial score (nSPS) is 11.9. The molecule has 3 aromatic rings. The summed E-state index contributed by atoms with van der Waals surface area (Å²) in [5.41, 5.74) is 4.31. The van der Waals surface area contributed by atoms with E-state index in [1.165, 1.54) is 17.4 Å². The highest BCUT2D eigenvalue weighted by atomic mass is 127. The smallest absolute Gasteiger partial charge is 0.291 e. The van der Waals surface area contributed by atoms with Crippen LogP contribution in [0.3, 0.4) is 0 Å². The number of benzene rings is 2. The van der Waals surface area contributed by atoms with E-state index in [1.807, 2.05) is 24.3 Å². The third kappa shape index (κ3) is 7.43. The molecule has 1 unspecified atom stereocenters. The van der Waals surface area contributed by atoms with Gasteiger partial charge >= 0.3 is 0 Å². The van der Waals surface area contributed by atoms with E-state index < -0.39 is 0 Å². The van der Waals surface area contributed by atoms with Gasteiger partial charge in [0.05, 0.1) is 6.26 Å². The number of nitrogens with one attached hydrogen (secondary N) is 3. The molecule has 3 rings (SSSR count). The predicted octanol–water partition coefficient (Wildman–Crippen LogP) is 4.93. The summed E-state index contributed by atoms with van der Waals surface area (Å²) < 4.78 is 5.13. The number of rotatable bonds is 7. The Morgan fingerprint density at radius 2 is 1.87 bits per heavy atom. The number of carbonyl (C=O) groups is 1. The van der Waals surface area contributed by atoms with Gasteiger partial charge in [-0.2, -0.15) is 0 Å². The van der Waals surface area contributed by atoms with Gasteiger partial charge in [0.2, 0.25) is 0 Å². The van der Waals surface area contributed by atoms with Crippen LogP contribution in [-0.2, 0) is 6.54 Å². The number of hydrogen-bond donors (Lipinski definition) is 3. The minimum atomic E-state index is -0.271. The van der Waals surface area contributed by atoms with E-state index in [-0.39, 0.29) is 35.6 Å². The van der Waals surface area contributed by atoms with Crippen molar-refractivity contribution < 1.29 is 9.21 Å². The summed E-state index contributed by atoms with van der Waals surface area (Å²) in [6.07, 6.45) is 1.48. The van der Waals surface area contributed by atoms with Crippen LogP contribution in [0.1, 0.15) is 40.1 Å². The fourth-order valence-corrected chi connectivity index (χ4v) is 3.11. The monoisotopic (exact) mass is 532 g/mol. The lowest BCUT2D eigenvalue weighted by molar-refractivity contribution is 0.0996. The van der Waals surface area contributed by atoms with E-state index in [2.05, 4.69) is 59.1 Å². The van der Waals surface area contributed by atoms with Gasteiger partial charge in [-0.25, -0.2) is 0 Å². The third-order valence-corrected chi connectivity index (χ3v) is 4.80. The van der Waals surface area contributed by atoms with Gasteiger partial charge in [-0.3, -0.25) is 9.79 Å². The molecule has 1 atom stereocenters. The molecule has 6 nitrogen and oxygen atoms in total. The number of amides is 1. The second-order valence-electron chi connectivity index (χ2n) is 7.25. The second-order valence-corrected chi connectivity index (χ2v) is 7.25. The SMILES string of the molecule is CN=C(NCc1cccc(NC(=O)c2ccco2)c1)NCC(C)c1cccc(C)c1.I. The van der Waals surface area contributed by atoms with Crippen molar-refractivity contribution in [2.75, 3.05) is 18.9 Å². The van der Waals surface area contributed by atoms with Gasteiger partial charge in [0.25, 0.3) is 5.91 Å². The Morgan fingerprint density at radius 1 is 1.06 bits per heavy atom. The average Bonchev–Trinajstić information content (AvgIpc) is 3.29. The molecule has 0 saturated heterocycles. The molecule has 1 aromatic heterocycles. The van der Waals surface area contributed by atoms with Crippen molar-refractivity contribution >= 4 is 41.5 Å². The molecule has 3 N–H and O–H groups in total. The molecule has 0 aliphatic heterocycles. The molecule has 1 amide bonds. The Kier molecular flexibility index (Phi) is 9.58. The average molecular weight is 532 g/mol. The van der Waals surface area contributed by atoms with Crippen molar-refractivity contribution in [2.24, 2.45) is 4.99 Å². The molecule has 0 aliphatic rings.